The Labute approximate surface area is 101 Å². The first kappa shape index (κ1) is 10.6. The minimum atomic E-state index is 0.857. The van der Waals surface area contributed by atoms with Crippen LogP contribution in [0.5, 0.6) is 0 Å². The molecular weight excluding hydrogens is 212 g/mol. The second-order valence-corrected chi connectivity index (χ2v) is 4.89. The van der Waals surface area contributed by atoms with Crippen molar-refractivity contribution in [1.29, 1.82) is 0 Å². The average Bonchev–Trinajstić information content (AvgIpc) is 2.99. The molecular formula is C14H18N2O. The number of aromatic nitrogens is 1. The van der Waals surface area contributed by atoms with Gasteiger partial charge in [-0.15, -0.1) is 0 Å². The number of nitrogens with one attached hydrogen (secondary N) is 1. The third kappa shape index (κ3) is 2.28. The number of benzene rings is 1. The lowest BCUT2D eigenvalue weighted by Gasteiger charge is -2.08. The summed E-state index contributed by atoms with van der Waals surface area (Å²) < 4.78 is 5.26. The summed E-state index contributed by atoms with van der Waals surface area (Å²) in [7, 11) is 0. The van der Waals surface area contributed by atoms with E-state index >= 15 is 0 Å². The largest absolute Gasteiger partial charge is 0.367 e. The Morgan fingerprint density at radius 3 is 2.94 bits per heavy atom. The summed E-state index contributed by atoms with van der Waals surface area (Å²) in [5.41, 5.74) is 0.857. The van der Waals surface area contributed by atoms with Crippen LogP contribution in [0.25, 0.3) is 11.0 Å². The SMILES string of the molecule is c1ccc2c(NCCC3CCCC3)noc2c1. The van der Waals surface area contributed by atoms with Crippen molar-refractivity contribution < 1.29 is 4.52 Å². The summed E-state index contributed by atoms with van der Waals surface area (Å²) in [5, 5.41) is 8.55. The lowest BCUT2D eigenvalue weighted by molar-refractivity contribution is 0.458. The minimum absolute atomic E-state index is 0.857. The quantitative estimate of drug-likeness (QED) is 0.867. The molecule has 1 aromatic carbocycles. The molecule has 1 aromatic heterocycles. The second-order valence-electron chi connectivity index (χ2n) is 4.89. The van der Waals surface area contributed by atoms with E-state index in [1.54, 1.807) is 0 Å². The van der Waals surface area contributed by atoms with Crippen molar-refractivity contribution in [1.82, 2.24) is 5.16 Å². The Morgan fingerprint density at radius 1 is 1.24 bits per heavy atom. The monoisotopic (exact) mass is 230 g/mol. The van der Waals surface area contributed by atoms with Gasteiger partial charge in [-0.1, -0.05) is 43.0 Å². The van der Waals surface area contributed by atoms with Gasteiger partial charge in [-0.2, -0.15) is 0 Å². The lowest BCUT2D eigenvalue weighted by atomic mass is 10.0. The fourth-order valence-corrected chi connectivity index (χ4v) is 2.71. The Kier molecular flexibility index (Phi) is 2.99. The maximum absolute atomic E-state index is 5.26. The van der Waals surface area contributed by atoms with E-state index in [4.69, 9.17) is 4.52 Å². The second kappa shape index (κ2) is 4.78. The van der Waals surface area contributed by atoms with Crippen LogP contribution in [0.3, 0.4) is 0 Å². The molecule has 0 saturated heterocycles. The van der Waals surface area contributed by atoms with E-state index in [0.717, 1.165) is 29.2 Å². The normalized spacial score (nSPS) is 16.7. The molecule has 0 bridgehead atoms. The van der Waals surface area contributed by atoms with Crippen molar-refractivity contribution in [2.24, 2.45) is 5.92 Å². The molecule has 1 fully saturated rings. The highest BCUT2D eigenvalue weighted by molar-refractivity contribution is 5.87. The molecule has 3 nitrogen and oxygen atoms in total. The predicted molar refractivity (Wildman–Crippen MR) is 69.1 cm³/mol. The van der Waals surface area contributed by atoms with Crippen molar-refractivity contribution in [3.63, 3.8) is 0 Å². The van der Waals surface area contributed by atoms with Gasteiger partial charge in [0.15, 0.2) is 11.4 Å². The molecule has 0 atom stereocenters. The highest BCUT2D eigenvalue weighted by Gasteiger charge is 2.14. The molecule has 1 saturated carbocycles. The van der Waals surface area contributed by atoms with Crippen LogP contribution in [-0.2, 0) is 0 Å². The van der Waals surface area contributed by atoms with Crippen LogP contribution in [0.4, 0.5) is 5.82 Å². The van der Waals surface area contributed by atoms with Gasteiger partial charge in [-0.25, -0.2) is 0 Å². The van der Waals surface area contributed by atoms with Gasteiger partial charge in [0.2, 0.25) is 0 Å². The molecule has 3 heteroatoms. The van der Waals surface area contributed by atoms with Gasteiger partial charge in [0, 0.05) is 6.54 Å². The third-order valence-corrected chi connectivity index (χ3v) is 3.70. The van der Waals surface area contributed by atoms with Crippen LogP contribution in [0.15, 0.2) is 28.8 Å². The maximum atomic E-state index is 5.26. The molecule has 0 amide bonds. The zero-order valence-electron chi connectivity index (χ0n) is 9.98. The van der Waals surface area contributed by atoms with Crippen LogP contribution < -0.4 is 5.32 Å². The van der Waals surface area contributed by atoms with Crippen LogP contribution in [0.2, 0.25) is 0 Å². The average molecular weight is 230 g/mol. The first-order valence-electron chi connectivity index (χ1n) is 6.52. The zero-order valence-corrected chi connectivity index (χ0v) is 9.98. The Morgan fingerprint density at radius 2 is 2.06 bits per heavy atom. The molecule has 0 unspecified atom stereocenters. The third-order valence-electron chi connectivity index (χ3n) is 3.70. The van der Waals surface area contributed by atoms with E-state index in [1.807, 2.05) is 24.3 Å². The van der Waals surface area contributed by atoms with Crippen molar-refractivity contribution >= 4 is 16.8 Å². The van der Waals surface area contributed by atoms with Crippen molar-refractivity contribution in [3.8, 4) is 0 Å². The number of para-hydroxylation sites is 1. The molecule has 1 aliphatic rings. The topological polar surface area (TPSA) is 38.1 Å². The Balaban J connectivity index is 1.60. The summed E-state index contributed by atoms with van der Waals surface area (Å²) in [6, 6.07) is 7.98. The predicted octanol–water partition coefficient (Wildman–Crippen LogP) is 3.82. The standard InChI is InChI=1S/C14H18N2O/c1-2-6-11(5-1)9-10-15-14-12-7-3-4-8-13(12)17-16-14/h3-4,7-8,11H,1-2,5-6,9-10H2,(H,15,16). The molecule has 0 radical (unpaired) electrons. The summed E-state index contributed by atoms with van der Waals surface area (Å²) in [5.74, 6) is 1.80. The zero-order chi connectivity index (χ0) is 11.5. The number of fused-ring (bicyclic) bond motifs is 1. The van der Waals surface area contributed by atoms with Crippen molar-refractivity contribution in [3.05, 3.63) is 24.3 Å². The van der Waals surface area contributed by atoms with Gasteiger partial charge in [0.1, 0.15) is 0 Å². The van der Waals surface area contributed by atoms with Crippen LogP contribution in [-0.4, -0.2) is 11.7 Å². The van der Waals surface area contributed by atoms with Gasteiger partial charge in [-0.3, -0.25) is 0 Å². The van der Waals surface area contributed by atoms with Crippen molar-refractivity contribution in [2.75, 3.05) is 11.9 Å². The maximum Gasteiger partial charge on any atom is 0.177 e. The number of hydrogen-bond donors (Lipinski definition) is 1. The van der Waals surface area contributed by atoms with E-state index in [9.17, 15) is 0 Å². The molecule has 1 aliphatic carbocycles. The van der Waals surface area contributed by atoms with E-state index in [2.05, 4.69) is 10.5 Å². The highest BCUT2D eigenvalue weighted by Crippen LogP contribution is 2.28. The van der Waals surface area contributed by atoms with E-state index in [0.29, 0.717) is 0 Å². The highest BCUT2D eigenvalue weighted by atomic mass is 16.5. The van der Waals surface area contributed by atoms with Crippen LogP contribution in [0.1, 0.15) is 32.1 Å². The molecule has 0 spiro atoms. The van der Waals surface area contributed by atoms with E-state index in [1.165, 1.54) is 32.1 Å². The fourth-order valence-electron chi connectivity index (χ4n) is 2.71. The van der Waals surface area contributed by atoms with Crippen molar-refractivity contribution in [2.45, 2.75) is 32.1 Å². The summed E-state index contributed by atoms with van der Waals surface area (Å²) in [6.07, 6.45) is 6.89. The van der Waals surface area contributed by atoms with E-state index < -0.39 is 0 Å². The van der Waals surface area contributed by atoms with Crippen LogP contribution >= 0.6 is 0 Å². The van der Waals surface area contributed by atoms with Crippen LogP contribution in [0, 0.1) is 5.92 Å². The Bertz CT molecular complexity index is 486. The first-order valence-corrected chi connectivity index (χ1v) is 6.52. The minimum Gasteiger partial charge on any atom is -0.367 e. The summed E-state index contributed by atoms with van der Waals surface area (Å²) in [6.45, 7) is 1.00. The number of nitrogens with zero attached hydrogens (tertiary/aromatic N) is 1. The smallest absolute Gasteiger partial charge is 0.177 e. The summed E-state index contributed by atoms with van der Waals surface area (Å²) in [4.78, 5) is 0. The molecule has 90 valence electrons. The van der Waals surface area contributed by atoms with Gasteiger partial charge in [-0.05, 0) is 24.5 Å². The molecule has 1 heterocycles. The molecule has 1 N–H and O–H groups in total. The fraction of sp³-hybridized carbons (Fsp3) is 0.500. The molecule has 17 heavy (non-hydrogen) atoms. The summed E-state index contributed by atoms with van der Waals surface area (Å²) >= 11 is 0. The van der Waals surface area contributed by atoms with Gasteiger partial charge in [0.05, 0.1) is 5.39 Å². The number of rotatable bonds is 4. The van der Waals surface area contributed by atoms with Gasteiger partial charge >= 0.3 is 0 Å². The number of anilines is 1. The Hall–Kier alpha value is -1.51. The first-order chi connectivity index (χ1) is 8.43. The number of hydrogen-bond acceptors (Lipinski definition) is 3. The molecule has 0 aliphatic heterocycles. The van der Waals surface area contributed by atoms with E-state index in [-0.39, 0.29) is 0 Å². The van der Waals surface area contributed by atoms with Gasteiger partial charge < -0.3 is 9.84 Å². The molecule has 2 aromatic rings. The van der Waals surface area contributed by atoms with Gasteiger partial charge in [0.25, 0.3) is 0 Å². The molecule has 3 rings (SSSR count). The lowest BCUT2D eigenvalue weighted by Crippen LogP contribution is -2.06.